The maximum atomic E-state index is 2.48. The third-order valence-electron chi connectivity index (χ3n) is 9.87. The van der Waals surface area contributed by atoms with Gasteiger partial charge in [0.25, 0.3) is 0 Å². The van der Waals surface area contributed by atoms with E-state index in [1.165, 1.54) is 76.6 Å². The van der Waals surface area contributed by atoms with E-state index in [1.54, 1.807) is 0 Å². The molecular formula is C46H30N2. The molecule has 2 nitrogen and oxygen atoms in total. The third-order valence-corrected chi connectivity index (χ3v) is 9.87. The Labute approximate surface area is 278 Å². The second kappa shape index (κ2) is 10.6. The van der Waals surface area contributed by atoms with Crippen LogP contribution in [0.15, 0.2) is 182 Å². The van der Waals surface area contributed by atoms with E-state index in [-0.39, 0.29) is 0 Å². The average Bonchev–Trinajstić information content (AvgIpc) is 3.68. The summed E-state index contributed by atoms with van der Waals surface area (Å²) in [6.45, 7) is 0. The van der Waals surface area contributed by atoms with Crippen LogP contribution >= 0.6 is 0 Å². The van der Waals surface area contributed by atoms with Gasteiger partial charge >= 0.3 is 0 Å². The lowest BCUT2D eigenvalue weighted by atomic mass is 9.99. The fraction of sp³-hybridized carbons (Fsp3) is 0. The van der Waals surface area contributed by atoms with Gasteiger partial charge in [-0.05, 0) is 75.5 Å². The van der Waals surface area contributed by atoms with Gasteiger partial charge in [-0.3, -0.25) is 0 Å². The van der Waals surface area contributed by atoms with Gasteiger partial charge in [-0.1, -0.05) is 140 Å². The zero-order chi connectivity index (χ0) is 31.6. The lowest BCUT2D eigenvalue weighted by Crippen LogP contribution is -1.99. The topological polar surface area (TPSA) is 9.86 Å². The van der Waals surface area contributed by atoms with Crippen molar-refractivity contribution in [3.8, 4) is 33.6 Å². The molecule has 0 amide bonds. The van der Waals surface area contributed by atoms with E-state index in [4.69, 9.17) is 0 Å². The van der Waals surface area contributed by atoms with E-state index >= 15 is 0 Å². The Balaban J connectivity index is 1.28. The zero-order valence-electron chi connectivity index (χ0n) is 26.2. The molecule has 0 aliphatic heterocycles. The Morgan fingerprint density at radius 3 is 1.46 bits per heavy atom. The summed E-state index contributed by atoms with van der Waals surface area (Å²) in [5, 5.41) is 7.49. The van der Waals surface area contributed by atoms with Crippen molar-refractivity contribution in [2.75, 3.05) is 0 Å². The molecule has 2 heterocycles. The van der Waals surface area contributed by atoms with Crippen molar-refractivity contribution in [2.45, 2.75) is 0 Å². The van der Waals surface area contributed by atoms with Gasteiger partial charge in [0, 0.05) is 32.9 Å². The van der Waals surface area contributed by atoms with E-state index in [1.807, 2.05) is 0 Å². The Morgan fingerprint density at radius 1 is 0.271 bits per heavy atom. The molecule has 0 fully saturated rings. The van der Waals surface area contributed by atoms with Crippen LogP contribution in [-0.2, 0) is 0 Å². The fourth-order valence-electron chi connectivity index (χ4n) is 7.69. The van der Waals surface area contributed by atoms with Crippen molar-refractivity contribution in [3.05, 3.63) is 182 Å². The van der Waals surface area contributed by atoms with Gasteiger partial charge in [0.05, 0.1) is 22.1 Å². The molecule has 0 spiro atoms. The summed E-state index contributed by atoms with van der Waals surface area (Å²) in [6, 6.07) is 66.2. The minimum absolute atomic E-state index is 1.15. The van der Waals surface area contributed by atoms with Crippen molar-refractivity contribution in [1.82, 2.24) is 9.13 Å². The number of para-hydroxylation sites is 2. The predicted molar refractivity (Wildman–Crippen MR) is 203 cm³/mol. The van der Waals surface area contributed by atoms with E-state index in [0.717, 1.165) is 11.4 Å². The van der Waals surface area contributed by atoms with Crippen molar-refractivity contribution < 1.29 is 0 Å². The third kappa shape index (κ3) is 4.06. The Hall–Kier alpha value is -6.38. The molecule has 48 heavy (non-hydrogen) atoms. The van der Waals surface area contributed by atoms with Gasteiger partial charge in [-0.15, -0.1) is 0 Å². The Bertz CT molecular complexity index is 2830. The second-order valence-electron chi connectivity index (χ2n) is 12.6. The van der Waals surface area contributed by atoms with Gasteiger partial charge in [-0.2, -0.15) is 0 Å². The summed E-state index contributed by atoms with van der Waals surface area (Å²) < 4.78 is 4.95. The summed E-state index contributed by atoms with van der Waals surface area (Å²) in [5.41, 5.74) is 12.0. The zero-order valence-corrected chi connectivity index (χ0v) is 26.2. The number of fused-ring (bicyclic) bond motifs is 8. The van der Waals surface area contributed by atoms with Gasteiger partial charge in [-0.25, -0.2) is 0 Å². The molecule has 2 aromatic heterocycles. The normalized spacial score (nSPS) is 11.8. The maximum Gasteiger partial charge on any atom is 0.0788 e. The molecule has 224 valence electrons. The van der Waals surface area contributed by atoms with Crippen LogP contribution in [-0.4, -0.2) is 9.13 Å². The van der Waals surface area contributed by atoms with Gasteiger partial charge < -0.3 is 9.13 Å². The van der Waals surface area contributed by atoms with E-state index in [2.05, 4.69) is 191 Å². The van der Waals surface area contributed by atoms with Gasteiger partial charge in [0.1, 0.15) is 0 Å². The van der Waals surface area contributed by atoms with Gasteiger partial charge in [0.15, 0.2) is 0 Å². The Morgan fingerprint density at radius 2 is 0.771 bits per heavy atom. The molecule has 0 atom stereocenters. The SMILES string of the molecule is c1ccc(-c2cccc(-c3cccc(-n4c5ccccc5c5ccc6c7ccccc7n(-c7ccc8ccccc8c7)c6c54)c3)c2)cc1. The van der Waals surface area contributed by atoms with Crippen molar-refractivity contribution in [3.63, 3.8) is 0 Å². The molecule has 0 N–H and O–H groups in total. The van der Waals surface area contributed by atoms with Crippen LogP contribution in [0.3, 0.4) is 0 Å². The lowest BCUT2D eigenvalue weighted by molar-refractivity contribution is 1.15. The fourth-order valence-corrected chi connectivity index (χ4v) is 7.69. The highest BCUT2D eigenvalue weighted by atomic mass is 15.0. The van der Waals surface area contributed by atoms with Crippen molar-refractivity contribution in [2.24, 2.45) is 0 Å². The lowest BCUT2D eigenvalue weighted by Gasteiger charge is -2.14. The smallest absolute Gasteiger partial charge is 0.0788 e. The molecule has 0 aliphatic carbocycles. The van der Waals surface area contributed by atoms with Crippen LogP contribution in [0.4, 0.5) is 0 Å². The van der Waals surface area contributed by atoms with Crippen LogP contribution < -0.4 is 0 Å². The Kier molecular flexibility index (Phi) is 5.91. The molecule has 0 saturated heterocycles. The first-order valence-electron chi connectivity index (χ1n) is 16.5. The molecule has 0 bridgehead atoms. The summed E-state index contributed by atoms with van der Waals surface area (Å²) in [5.74, 6) is 0. The average molecular weight is 611 g/mol. The summed E-state index contributed by atoms with van der Waals surface area (Å²) in [6.07, 6.45) is 0. The molecule has 10 aromatic rings. The highest BCUT2D eigenvalue weighted by molar-refractivity contribution is 6.23. The molecule has 0 saturated carbocycles. The van der Waals surface area contributed by atoms with Crippen LogP contribution in [0.5, 0.6) is 0 Å². The highest BCUT2D eigenvalue weighted by Gasteiger charge is 2.21. The number of rotatable bonds is 4. The number of hydrogen-bond donors (Lipinski definition) is 0. The molecule has 2 heteroatoms. The highest BCUT2D eigenvalue weighted by Crippen LogP contribution is 2.42. The van der Waals surface area contributed by atoms with Crippen molar-refractivity contribution >= 4 is 54.4 Å². The minimum Gasteiger partial charge on any atom is -0.307 e. The van der Waals surface area contributed by atoms with Crippen molar-refractivity contribution in [1.29, 1.82) is 0 Å². The van der Waals surface area contributed by atoms with Crippen LogP contribution in [0.1, 0.15) is 0 Å². The quantitative estimate of drug-likeness (QED) is 0.188. The molecule has 0 radical (unpaired) electrons. The largest absolute Gasteiger partial charge is 0.307 e. The minimum atomic E-state index is 1.15. The second-order valence-corrected chi connectivity index (χ2v) is 12.6. The van der Waals surface area contributed by atoms with Crippen LogP contribution in [0, 0.1) is 0 Å². The summed E-state index contributed by atoms with van der Waals surface area (Å²) in [7, 11) is 0. The summed E-state index contributed by atoms with van der Waals surface area (Å²) in [4.78, 5) is 0. The first kappa shape index (κ1) is 26.8. The number of aromatic nitrogens is 2. The molecule has 10 rings (SSSR count). The monoisotopic (exact) mass is 610 g/mol. The predicted octanol–water partition coefficient (Wildman–Crippen LogP) is 12.4. The summed E-state index contributed by atoms with van der Waals surface area (Å²) >= 11 is 0. The van der Waals surface area contributed by atoms with Crippen LogP contribution in [0.25, 0.3) is 88.0 Å². The molecule has 0 aliphatic rings. The molecular weight excluding hydrogens is 581 g/mol. The standard InChI is InChI=1S/C46H30N2/c1-2-12-31(13-3-1)33-16-10-17-34(28-33)36-18-11-19-37(30-36)47-43-22-8-6-20-39(43)41-26-27-42-40-21-7-9-23-44(40)48(46(42)45(41)47)38-25-24-32-14-4-5-15-35(32)29-38/h1-30H. The maximum absolute atomic E-state index is 2.48. The first-order chi connectivity index (χ1) is 23.8. The first-order valence-corrected chi connectivity index (χ1v) is 16.5. The van der Waals surface area contributed by atoms with E-state index < -0.39 is 0 Å². The van der Waals surface area contributed by atoms with Crippen LogP contribution in [0.2, 0.25) is 0 Å². The molecule has 0 unspecified atom stereocenters. The molecule has 8 aromatic carbocycles. The number of benzene rings is 8. The number of nitrogens with zero attached hydrogens (tertiary/aromatic N) is 2. The van der Waals surface area contributed by atoms with E-state index in [9.17, 15) is 0 Å². The van der Waals surface area contributed by atoms with E-state index in [0.29, 0.717) is 0 Å². The van der Waals surface area contributed by atoms with Gasteiger partial charge in [0.2, 0.25) is 0 Å². The number of hydrogen-bond acceptors (Lipinski definition) is 0.